The zero-order chi connectivity index (χ0) is 14.6. The second-order valence-electron chi connectivity index (χ2n) is 5.21. The van der Waals surface area contributed by atoms with E-state index in [1.165, 1.54) is 0 Å². The highest BCUT2D eigenvalue weighted by molar-refractivity contribution is 7.09. The van der Waals surface area contributed by atoms with E-state index in [2.05, 4.69) is 46.4 Å². The van der Waals surface area contributed by atoms with Crippen molar-refractivity contribution in [2.24, 2.45) is 0 Å². The first kappa shape index (κ1) is 14.7. The van der Waals surface area contributed by atoms with Crippen LogP contribution in [-0.4, -0.2) is 21.5 Å². The highest BCUT2D eigenvalue weighted by Gasteiger charge is 2.24. The van der Waals surface area contributed by atoms with Crippen LogP contribution in [0, 0.1) is 6.92 Å². The number of rotatable bonds is 6. The summed E-state index contributed by atoms with van der Waals surface area (Å²) in [5.74, 6) is 1.73. The Kier molecular flexibility index (Phi) is 4.54. The summed E-state index contributed by atoms with van der Waals surface area (Å²) in [4.78, 5) is 13.0. The Labute approximate surface area is 123 Å². The van der Waals surface area contributed by atoms with Crippen LogP contribution in [0.25, 0.3) is 0 Å². The summed E-state index contributed by atoms with van der Waals surface area (Å²) >= 11 is 1.64. The molecular formula is C14H21N5S. The van der Waals surface area contributed by atoms with E-state index in [0.717, 1.165) is 35.2 Å². The van der Waals surface area contributed by atoms with Crippen molar-refractivity contribution >= 4 is 23.0 Å². The lowest BCUT2D eigenvalue weighted by Gasteiger charge is -2.25. The first-order chi connectivity index (χ1) is 9.54. The minimum absolute atomic E-state index is 0.255. The average molecular weight is 291 g/mol. The fraction of sp³-hybridized carbons (Fsp3) is 0.500. The van der Waals surface area contributed by atoms with Gasteiger partial charge in [-0.25, -0.2) is 15.0 Å². The average Bonchev–Trinajstić information content (AvgIpc) is 2.94. The Morgan fingerprint density at radius 2 is 1.95 bits per heavy atom. The summed E-state index contributed by atoms with van der Waals surface area (Å²) in [6.07, 6.45) is 4.48. The van der Waals surface area contributed by atoms with E-state index in [9.17, 15) is 0 Å². The summed E-state index contributed by atoms with van der Waals surface area (Å²) < 4.78 is 0. The number of hydrogen-bond acceptors (Lipinski definition) is 6. The van der Waals surface area contributed by atoms with E-state index in [1.54, 1.807) is 17.7 Å². The quantitative estimate of drug-likeness (QED) is 0.854. The molecule has 0 radical (unpaired) electrons. The van der Waals surface area contributed by atoms with E-state index < -0.39 is 0 Å². The van der Waals surface area contributed by atoms with E-state index >= 15 is 0 Å². The standard InChI is InChI=1S/C14H21N5S/c1-5-6-15-11-10(2)12(18-9-17-11)19-14(3,4)13-16-7-8-20-13/h7-9H,5-6H2,1-4H3,(H2,15,17,18,19). The Hall–Kier alpha value is -1.69. The molecule has 108 valence electrons. The summed E-state index contributed by atoms with van der Waals surface area (Å²) in [7, 11) is 0. The van der Waals surface area contributed by atoms with Gasteiger partial charge in [-0.2, -0.15) is 0 Å². The van der Waals surface area contributed by atoms with Gasteiger partial charge < -0.3 is 10.6 Å². The van der Waals surface area contributed by atoms with Gasteiger partial charge in [0.25, 0.3) is 0 Å². The van der Waals surface area contributed by atoms with Crippen LogP contribution in [0.1, 0.15) is 37.8 Å². The molecule has 2 heterocycles. The van der Waals surface area contributed by atoms with Crippen LogP contribution in [0.4, 0.5) is 11.6 Å². The zero-order valence-corrected chi connectivity index (χ0v) is 13.2. The molecule has 0 saturated carbocycles. The number of nitrogens with zero attached hydrogens (tertiary/aromatic N) is 3. The van der Waals surface area contributed by atoms with Gasteiger partial charge >= 0.3 is 0 Å². The number of anilines is 2. The molecule has 0 unspecified atom stereocenters. The number of nitrogens with one attached hydrogen (secondary N) is 2. The predicted molar refractivity (Wildman–Crippen MR) is 84.3 cm³/mol. The molecule has 0 saturated heterocycles. The lowest BCUT2D eigenvalue weighted by Crippen LogP contribution is -2.29. The largest absolute Gasteiger partial charge is 0.370 e. The van der Waals surface area contributed by atoms with Gasteiger partial charge in [0.1, 0.15) is 23.0 Å². The summed E-state index contributed by atoms with van der Waals surface area (Å²) in [6.45, 7) is 9.28. The highest BCUT2D eigenvalue weighted by Crippen LogP contribution is 2.28. The van der Waals surface area contributed by atoms with Crippen LogP contribution >= 0.6 is 11.3 Å². The van der Waals surface area contributed by atoms with Gasteiger partial charge in [0, 0.05) is 23.7 Å². The molecule has 0 bridgehead atoms. The molecule has 0 spiro atoms. The maximum atomic E-state index is 4.38. The lowest BCUT2D eigenvalue weighted by molar-refractivity contribution is 0.600. The third kappa shape index (κ3) is 3.25. The Bertz CT molecular complexity index is 551. The van der Waals surface area contributed by atoms with Gasteiger partial charge in [-0.15, -0.1) is 11.3 Å². The number of aromatic nitrogens is 3. The Morgan fingerprint density at radius 3 is 2.60 bits per heavy atom. The normalized spacial score (nSPS) is 11.4. The molecule has 0 atom stereocenters. The molecule has 2 rings (SSSR count). The fourth-order valence-electron chi connectivity index (χ4n) is 1.88. The third-order valence-electron chi connectivity index (χ3n) is 3.02. The van der Waals surface area contributed by atoms with E-state index in [1.807, 2.05) is 18.5 Å². The minimum atomic E-state index is -0.255. The van der Waals surface area contributed by atoms with Crippen molar-refractivity contribution < 1.29 is 0 Å². The summed E-state index contributed by atoms with van der Waals surface area (Å²) in [6, 6.07) is 0. The maximum absolute atomic E-state index is 4.38. The number of thiazole rings is 1. The van der Waals surface area contributed by atoms with E-state index in [-0.39, 0.29) is 5.54 Å². The van der Waals surface area contributed by atoms with Crippen LogP contribution < -0.4 is 10.6 Å². The SMILES string of the molecule is CCCNc1ncnc(NC(C)(C)c2nccs2)c1C. The smallest absolute Gasteiger partial charge is 0.135 e. The van der Waals surface area contributed by atoms with Crippen LogP contribution in [0.5, 0.6) is 0 Å². The second-order valence-corrected chi connectivity index (χ2v) is 6.10. The third-order valence-corrected chi connectivity index (χ3v) is 4.12. The van der Waals surface area contributed by atoms with Crippen molar-refractivity contribution in [1.29, 1.82) is 0 Å². The molecular weight excluding hydrogens is 270 g/mol. The van der Waals surface area contributed by atoms with Gasteiger partial charge in [-0.3, -0.25) is 0 Å². The topological polar surface area (TPSA) is 62.7 Å². The Balaban J connectivity index is 2.21. The van der Waals surface area contributed by atoms with Gasteiger partial charge in [0.2, 0.25) is 0 Å². The lowest BCUT2D eigenvalue weighted by atomic mass is 10.1. The van der Waals surface area contributed by atoms with Crippen LogP contribution in [0.2, 0.25) is 0 Å². The van der Waals surface area contributed by atoms with Crippen LogP contribution in [0.15, 0.2) is 17.9 Å². The molecule has 0 aliphatic carbocycles. The molecule has 0 aromatic carbocycles. The molecule has 2 aromatic rings. The van der Waals surface area contributed by atoms with Crippen molar-refractivity contribution in [2.75, 3.05) is 17.2 Å². The van der Waals surface area contributed by atoms with Gasteiger partial charge in [0.15, 0.2) is 0 Å². The second kappa shape index (κ2) is 6.17. The maximum Gasteiger partial charge on any atom is 0.135 e. The first-order valence-corrected chi connectivity index (χ1v) is 7.66. The summed E-state index contributed by atoms with van der Waals surface area (Å²) in [5.41, 5.74) is 0.778. The molecule has 0 aliphatic rings. The fourth-order valence-corrected chi connectivity index (χ4v) is 2.60. The zero-order valence-electron chi connectivity index (χ0n) is 12.4. The summed E-state index contributed by atoms with van der Waals surface area (Å²) in [5, 5.41) is 9.81. The molecule has 6 heteroatoms. The van der Waals surface area contributed by atoms with Crippen molar-refractivity contribution in [1.82, 2.24) is 15.0 Å². The van der Waals surface area contributed by atoms with E-state index in [4.69, 9.17) is 0 Å². The van der Waals surface area contributed by atoms with E-state index in [0.29, 0.717) is 0 Å². The van der Waals surface area contributed by atoms with Crippen molar-refractivity contribution in [2.45, 2.75) is 39.7 Å². The van der Waals surface area contributed by atoms with Crippen LogP contribution in [-0.2, 0) is 5.54 Å². The molecule has 2 N–H and O–H groups in total. The monoisotopic (exact) mass is 291 g/mol. The van der Waals surface area contributed by atoms with Gasteiger partial charge in [0.05, 0.1) is 5.54 Å². The van der Waals surface area contributed by atoms with Gasteiger partial charge in [-0.05, 0) is 27.2 Å². The molecule has 0 fully saturated rings. The van der Waals surface area contributed by atoms with Crippen molar-refractivity contribution in [3.63, 3.8) is 0 Å². The van der Waals surface area contributed by atoms with Crippen molar-refractivity contribution in [3.05, 3.63) is 28.5 Å². The number of hydrogen-bond donors (Lipinski definition) is 2. The molecule has 0 amide bonds. The first-order valence-electron chi connectivity index (χ1n) is 6.78. The van der Waals surface area contributed by atoms with Crippen LogP contribution in [0.3, 0.4) is 0 Å². The molecule has 5 nitrogen and oxygen atoms in total. The van der Waals surface area contributed by atoms with Gasteiger partial charge in [-0.1, -0.05) is 6.92 Å². The molecule has 2 aromatic heterocycles. The molecule has 0 aliphatic heterocycles. The predicted octanol–water partition coefficient (Wildman–Crippen LogP) is 3.41. The van der Waals surface area contributed by atoms with Crippen molar-refractivity contribution in [3.8, 4) is 0 Å². The Morgan fingerprint density at radius 1 is 1.20 bits per heavy atom. The highest BCUT2D eigenvalue weighted by atomic mass is 32.1. The molecule has 20 heavy (non-hydrogen) atoms. The minimum Gasteiger partial charge on any atom is -0.370 e.